The lowest BCUT2D eigenvalue weighted by atomic mass is 10.0. The highest BCUT2D eigenvalue weighted by Gasteiger charge is 2.46. The molecule has 10 nitrogen and oxygen atoms in total. The number of hydrogen-bond donors (Lipinski definition) is 2. The van der Waals surface area contributed by atoms with Crippen LogP contribution in [-0.2, 0) is 30.3 Å². The third-order valence-corrected chi connectivity index (χ3v) is 9.04. The van der Waals surface area contributed by atoms with Crippen LogP contribution in [0, 0.1) is 6.42 Å². The van der Waals surface area contributed by atoms with Crippen LogP contribution >= 0.6 is 0 Å². The minimum absolute atomic E-state index is 0. The topological polar surface area (TPSA) is 125 Å². The van der Waals surface area contributed by atoms with Crippen LogP contribution in [0.3, 0.4) is 0 Å². The van der Waals surface area contributed by atoms with Gasteiger partial charge in [-0.25, -0.2) is 5.01 Å². The summed E-state index contributed by atoms with van der Waals surface area (Å²) < 4.78 is 5.40. The largest absolute Gasteiger partial charge is 0.460 e. The molecular formula is C37H43N4O6. The number of fused-ring (bicyclic) bond motifs is 2. The summed E-state index contributed by atoms with van der Waals surface area (Å²) in [7, 11) is 0. The van der Waals surface area contributed by atoms with Crippen molar-refractivity contribution in [3.05, 3.63) is 102 Å². The Morgan fingerprint density at radius 1 is 0.936 bits per heavy atom. The number of hydrazine groups is 1. The average molecular weight is 640 g/mol. The van der Waals surface area contributed by atoms with E-state index in [4.69, 9.17) is 4.74 Å². The lowest BCUT2D eigenvalue weighted by Gasteiger charge is -2.43. The fourth-order valence-corrected chi connectivity index (χ4v) is 6.42. The third-order valence-electron chi connectivity index (χ3n) is 9.04. The lowest BCUT2D eigenvalue weighted by Crippen LogP contribution is -2.64. The second-order valence-corrected chi connectivity index (χ2v) is 12.2. The summed E-state index contributed by atoms with van der Waals surface area (Å²) >= 11 is 0. The minimum Gasteiger partial charge on any atom is -0.460 e. The number of benzene rings is 3. The number of hydrogen-bond acceptors (Lipinski definition) is 6. The van der Waals surface area contributed by atoms with E-state index < -0.39 is 42.0 Å². The number of nitrogens with zero attached hydrogens (tertiary/aromatic N) is 2. The number of carbonyl (C=O) groups is 5. The number of allylic oxidation sites excluding steroid dienone is 1. The quantitative estimate of drug-likeness (QED) is 0.366. The van der Waals surface area contributed by atoms with E-state index in [-0.39, 0.29) is 34.0 Å². The van der Waals surface area contributed by atoms with Crippen LogP contribution in [0.15, 0.2) is 84.4 Å². The molecule has 3 aliphatic heterocycles. The number of cyclic esters (lactones) is 1. The molecule has 3 aromatic rings. The SMILES string of the molecule is CCc1ccccc1.O=C1C[C@H](NC(=O)[C@@H]2CCCN3C(=O)CC[C@H](NC(=O)c4cccc5ccccc45)C(=O)N23)C(CC2=C[CH]2)O1.[HH].[HH]. The molecule has 0 bridgehead atoms. The van der Waals surface area contributed by atoms with Crippen LogP contribution < -0.4 is 10.6 Å². The van der Waals surface area contributed by atoms with Gasteiger partial charge in [0.1, 0.15) is 18.2 Å². The van der Waals surface area contributed by atoms with Crippen LogP contribution in [0.25, 0.3) is 10.8 Å². The highest BCUT2D eigenvalue weighted by atomic mass is 16.6. The fraction of sp³-hybridized carbons (Fsp3) is 0.351. The monoisotopic (exact) mass is 639 g/mol. The molecule has 4 atom stereocenters. The molecule has 0 spiro atoms. The number of amides is 4. The summed E-state index contributed by atoms with van der Waals surface area (Å²) in [5.74, 6) is -2.00. The molecule has 0 aromatic heterocycles. The first-order valence-corrected chi connectivity index (χ1v) is 16.3. The molecule has 3 fully saturated rings. The van der Waals surface area contributed by atoms with Crippen molar-refractivity contribution in [2.24, 2.45) is 0 Å². The molecule has 0 saturated carbocycles. The van der Waals surface area contributed by atoms with Crippen LogP contribution in [0.5, 0.6) is 0 Å². The van der Waals surface area contributed by atoms with Crippen molar-refractivity contribution in [3.8, 4) is 0 Å². The van der Waals surface area contributed by atoms with Gasteiger partial charge in [-0.15, -0.1) is 0 Å². The van der Waals surface area contributed by atoms with E-state index in [1.54, 1.807) is 12.1 Å². The maximum atomic E-state index is 13.8. The maximum Gasteiger partial charge on any atom is 0.308 e. The van der Waals surface area contributed by atoms with Gasteiger partial charge in [-0.05, 0) is 48.1 Å². The maximum absolute atomic E-state index is 13.8. The van der Waals surface area contributed by atoms with E-state index in [0.717, 1.165) is 22.8 Å². The normalized spacial score (nSPS) is 23.5. The van der Waals surface area contributed by atoms with Crippen LogP contribution in [-0.4, -0.2) is 70.4 Å². The summed E-state index contributed by atoms with van der Waals surface area (Å²) in [5.41, 5.74) is 2.91. The van der Waals surface area contributed by atoms with Crippen molar-refractivity contribution >= 4 is 40.4 Å². The Kier molecular flexibility index (Phi) is 9.65. The Labute approximate surface area is 277 Å². The van der Waals surface area contributed by atoms with Gasteiger partial charge in [0.25, 0.3) is 11.8 Å². The lowest BCUT2D eigenvalue weighted by molar-refractivity contribution is -0.176. The molecule has 3 aromatic carbocycles. The third kappa shape index (κ3) is 7.37. The molecule has 10 heteroatoms. The Morgan fingerprint density at radius 3 is 2.43 bits per heavy atom. The number of ether oxygens (including phenoxy) is 1. The van der Waals surface area contributed by atoms with Crippen molar-refractivity contribution in [2.75, 3.05) is 6.54 Å². The Morgan fingerprint density at radius 2 is 1.68 bits per heavy atom. The molecule has 247 valence electrons. The molecule has 4 aliphatic rings. The Balaban J connectivity index is 0.000000478. The molecule has 4 amide bonds. The predicted molar refractivity (Wildman–Crippen MR) is 179 cm³/mol. The van der Waals surface area contributed by atoms with Crippen molar-refractivity contribution in [2.45, 2.75) is 76.1 Å². The predicted octanol–water partition coefficient (Wildman–Crippen LogP) is 4.54. The molecule has 2 N–H and O–H groups in total. The average Bonchev–Trinajstić information content (AvgIpc) is 3.87. The second kappa shape index (κ2) is 14.2. The molecule has 3 saturated heterocycles. The number of esters is 1. The number of nitrogens with one attached hydrogen (secondary N) is 2. The van der Waals surface area contributed by atoms with E-state index in [2.05, 4.69) is 41.8 Å². The summed E-state index contributed by atoms with van der Waals surface area (Å²) in [4.78, 5) is 65.6. The number of rotatable bonds is 7. The summed E-state index contributed by atoms with van der Waals surface area (Å²) in [6.07, 6.45) is 6.21. The van der Waals surface area contributed by atoms with Crippen LogP contribution in [0.1, 0.15) is 64.2 Å². The molecule has 1 radical (unpaired) electrons. The summed E-state index contributed by atoms with van der Waals surface area (Å²) in [6, 6.07) is 20.9. The summed E-state index contributed by atoms with van der Waals surface area (Å²) in [6.45, 7) is 2.48. The molecule has 1 aliphatic carbocycles. The van der Waals surface area contributed by atoms with E-state index in [1.165, 1.54) is 15.6 Å². The van der Waals surface area contributed by atoms with Gasteiger partial charge in [-0.1, -0.05) is 85.3 Å². The number of carbonyl (C=O) groups excluding carboxylic acids is 5. The molecular weight excluding hydrogens is 596 g/mol. The smallest absolute Gasteiger partial charge is 0.308 e. The zero-order valence-corrected chi connectivity index (χ0v) is 26.4. The first kappa shape index (κ1) is 32.0. The van der Waals surface area contributed by atoms with Gasteiger partial charge in [0.2, 0.25) is 11.8 Å². The molecule has 1 unspecified atom stereocenters. The van der Waals surface area contributed by atoms with E-state index in [1.807, 2.05) is 48.9 Å². The van der Waals surface area contributed by atoms with Crippen molar-refractivity contribution < 1.29 is 31.6 Å². The highest BCUT2D eigenvalue weighted by Crippen LogP contribution is 2.30. The van der Waals surface area contributed by atoms with Crippen LogP contribution in [0.2, 0.25) is 0 Å². The first-order valence-electron chi connectivity index (χ1n) is 16.3. The van der Waals surface area contributed by atoms with Gasteiger partial charge in [0, 0.05) is 34.2 Å². The molecule has 7 rings (SSSR count). The van der Waals surface area contributed by atoms with Gasteiger partial charge >= 0.3 is 5.97 Å². The second-order valence-electron chi connectivity index (χ2n) is 12.2. The fourth-order valence-electron chi connectivity index (χ4n) is 6.42. The summed E-state index contributed by atoms with van der Waals surface area (Å²) in [5, 5.41) is 9.97. The minimum atomic E-state index is -0.972. The number of aryl methyl sites for hydroxylation is 1. The van der Waals surface area contributed by atoms with Gasteiger partial charge in [0.15, 0.2) is 0 Å². The zero-order valence-electron chi connectivity index (χ0n) is 26.4. The standard InChI is InChI=1S/C29H29N4O6.C8H10.2H2/c34-25-13-12-21(30-27(36)20-8-3-6-18-5-1-2-7-19(18)20)29(38)33-23(9-4-14-32(25)33)28(37)31-22-16-26(35)39-24(22)15-17-10-11-17;1-2-8-6-4-3-5-7-8;;/h1-3,5-8,10-11,21-24H,4,9,12-16H2,(H,30,36)(H,31,37);3-7H,2H2,1H3;2*1H/t21-,22-,23-,24?;;;/m0.../s1. The molecule has 47 heavy (non-hydrogen) atoms. The van der Waals surface area contributed by atoms with Crippen molar-refractivity contribution in [1.82, 2.24) is 20.7 Å². The molecule has 3 heterocycles. The zero-order chi connectivity index (χ0) is 32.9. The van der Waals surface area contributed by atoms with Gasteiger partial charge < -0.3 is 15.4 Å². The van der Waals surface area contributed by atoms with Gasteiger partial charge in [-0.3, -0.25) is 29.0 Å². The Hall–Kier alpha value is -4.99. The van der Waals surface area contributed by atoms with E-state index >= 15 is 0 Å². The van der Waals surface area contributed by atoms with E-state index in [0.29, 0.717) is 31.4 Å². The van der Waals surface area contributed by atoms with Gasteiger partial charge in [0.05, 0.1) is 12.5 Å². The highest BCUT2D eigenvalue weighted by molar-refractivity contribution is 6.08. The van der Waals surface area contributed by atoms with Gasteiger partial charge in [-0.2, -0.15) is 0 Å². The van der Waals surface area contributed by atoms with Crippen molar-refractivity contribution in [3.63, 3.8) is 0 Å². The van der Waals surface area contributed by atoms with E-state index in [9.17, 15) is 24.0 Å². The Bertz CT molecular complexity index is 1710. The first-order chi connectivity index (χ1) is 22.8. The van der Waals surface area contributed by atoms with Crippen LogP contribution in [0.4, 0.5) is 0 Å². The van der Waals surface area contributed by atoms with Crippen molar-refractivity contribution in [1.29, 1.82) is 0 Å².